The summed E-state index contributed by atoms with van der Waals surface area (Å²) in [7, 11) is 0. The van der Waals surface area contributed by atoms with Gasteiger partial charge >= 0.3 is 0 Å². The van der Waals surface area contributed by atoms with Crippen LogP contribution in [0, 0.1) is 5.92 Å². The first-order chi connectivity index (χ1) is 6.46. The van der Waals surface area contributed by atoms with Gasteiger partial charge in [-0.2, -0.15) is 0 Å². The lowest BCUT2D eigenvalue weighted by atomic mass is 10.0. The Hall–Kier alpha value is -0.710. The second kappa shape index (κ2) is 3.15. The molecule has 0 bridgehead atoms. The van der Waals surface area contributed by atoms with E-state index < -0.39 is 5.92 Å². The van der Waals surface area contributed by atoms with Gasteiger partial charge in [0.25, 0.3) is 5.92 Å². The Morgan fingerprint density at radius 1 is 1.43 bits per heavy atom. The van der Waals surface area contributed by atoms with Gasteiger partial charge in [-0.3, -0.25) is 9.69 Å². The Kier molecular flexibility index (Phi) is 2.21. The van der Waals surface area contributed by atoms with Crippen molar-refractivity contribution in [3.8, 4) is 0 Å². The topological polar surface area (TPSA) is 23.6 Å². The summed E-state index contributed by atoms with van der Waals surface area (Å²) in [5, 5.41) is 0. The summed E-state index contributed by atoms with van der Waals surface area (Å²) in [5.41, 5.74) is 0. The van der Waals surface area contributed by atoms with Gasteiger partial charge in [0.15, 0.2) is 0 Å². The maximum atomic E-state index is 12.4. The van der Waals surface area contributed by atoms with Crippen molar-refractivity contribution in [2.45, 2.75) is 12.8 Å². The van der Waals surface area contributed by atoms with Crippen LogP contribution in [0.1, 0.15) is 6.92 Å². The molecule has 2 fully saturated rings. The van der Waals surface area contributed by atoms with E-state index in [9.17, 15) is 13.6 Å². The average molecular weight is 204 g/mol. The minimum absolute atomic E-state index is 0.0152. The van der Waals surface area contributed by atoms with Crippen molar-refractivity contribution in [3.63, 3.8) is 0 Å². The minimum Gasteiger partial charge on any atom is -0.341 e. The fourth-order valence-electron chi connectivity index (χ4n) is 1.91. The largest absolute Gasteiger partial charge is 0.341 e. The summed E-state index contributed by atoms with van der Waals surface area (Å²) in [5.74, 6) is -2.02. The van der Waals surface area contributed by atoms with Crippen molar-refractivity contribution in [3.05, 3.63) is 0 Å². The van der Waals surface area contributed by atoms with E-state index >= 15 is 0 Å². The average Bonchev–Trinajstić information content (AvgIpc) is 1.95. The van der Waals surface area contributed by atoms with Crippen molar-refractivity contribution >= 4 is 5.91 Å². The molecule has 0 spiro atoms. The first-order valence-corrected chi connectivity index (χ1v) is 4.84. The Bertz CT molecular complexity index is 243. The predicted molar refractivity (Wildman–Crippen MR) is 47.1 cm³/mol. The van der Waals surface area contributed by atoms with Gasteiger partial charge in [-0.25, -0.2) is 8.78 Å². The normalized spacial score (nSPS) is 26.9. The third kappa shape index (κ3) is 1.87. The molecule has 2 rings (SSSR count). The highest BCUT2D eigenvalue weighted by atomic mass is 19.3. The molecule has 0 N–H and O–H groups in total. The number of halogens is 2. The summed E-state index contributed by atoms with van der Waals surface area (Å²) >= 11 is 0. The zero-order valence-corrected chi connectivity index (χ0v) is 8.17. The van der Waals surface area contributed by atoms with Gasteiger partial charge in [0.1, 0.15) is 0 Å². The Morgan fingerprint density at radius 2 is 2.00 bits per heavy atom. The van der Waals surface area contributed by atoms with E-state index in [-0.39, 0.29) is 25.5 Å². The van der Waals surface area contributed by atoms with Crippen LogP contribution in [0.25, 0.3) is 0 Å². The van der Waals surface area contributed by atoms with Crippen molar-refractivity contribution in [1.82, 2.24) is 9.80 Å². The van der Waals surface area contributed by atoms with E-state index in [1.54, 1.807) is 4.90 Å². The van der Waals surface area contributed by atoms with E-state index in [1.165, 1.54) is 4.90 Å². The first kappa shape index (κ1) is 9.83. The van der Waals surface area contributed by atoms with E-state index in [0.717, 1.165) is 13.1 Å². The van der Waals surface area contributed by atoms with Crippen molar-refractivity contribution in [2.24, 2.45) is 5.92 Å². The highest BCUT2D eigenvalue weighted by Crippen LogP contribution is 2.26. The Labute approximate surface area is 81.7 Å². The number of alkyl halides is 2. The molecule has 2 aliphatic heterocycles. The quantitative estimate of drug-likeness (QED) is 0.650. The van der Waals surface area contributed by atoms with Gasteiger partial charge in [0.05, 0.1) is 19.6 Å². The van der Waals surface area contributed by atoms with Gasteiger partial charge in [0.2, 0.25) is 5.91 Å². The maximum Gasteiger partial charge on any atom is 0.272 e. The summed E-state index contributed by atoms with van der Waals surface area (Å²) in [6.45, 7) is 3.26. The summed E-state index contributed by atoms with van der Waals surface area (Å²) in [6.07, 6.45) is 0. The highest BCUT2D eigenvalue weighted by molar-refractivity contribution is 5.79. The molecule has 3 nitrogen and oxygen atoms in total. The minimum atomic E-state index is -2.57. The summed E-state index contributed by atoms with van der Waals surface area (Å²) in [6, 6.07) is 0. The molecule has 0 radical (unpaired) electrons. The van der Waals surface area contributed by atoms with Gasteiger partial charge in [-0.05, 0) is 5.92 Å². The monoisotopic (exact) mass is 204 g/mol. The van der Waals surface area contributed by atoms with Crippen LogP contribution in [0.3, 0.4) is 0 Å². The van der Waals surface area contributed by atoms with Gasteiger partial charge < -0.3 is 4.90 Å². The fraction of sp³-hybridized carbons (Fsp3) is 0.889. The smallest absolute Gasteiger partial charge is 0.272 e. The number of amides is 1. The number of hydrogen-bond donors (Lipinski definition) is 0. The molecule has 0 unspecified atom stereocenters. The molecule has 2 heterocycles. The Balaban J connectivity index is 1.69. The van der Waals surface area contributed by atoms with Crippen LogP contribution in [0.5, 0.6) is 0 Å². The van der Waals surface area contributed by atoms with Crippen LogP contribution in [-0.2, 0) is 4.79 Å². The van der Waals surface area contributed by atoms with Crippen LogP contribution in [0.2, 0.25) is 0 Å². The zero-order chi connectivity index (χ0) is 10.3. The number of nitrogens with zero attached hydrogens (tertiary/aromatic N) is 2. The lowest BCUT2D eigenvalue weighted by Crippen LogP contribution is -2.60. The SMILES string of the molecule is CC1CN(C(=O)CN2CC(F)(F)C2)C1. The molecular formula is C9H14F2N2O. The van der Waals surface area contributed by atoms with Crippen molar-refractivity contribution in [1.29, 1.82) is 0 Å². The molecule has 80 valence electrons. The molecule has 0 aliphatic carbocycles. The van der Waals surface area contributed by atoms with Crippen molar-refractivity contribution < 1.29 is 13.6 Å². The summed E-state index contributed by atoms with van der Waals surface area (Å²) < 4.78 is 24.9. The molecular weight excluding hydrogens is 190 g/mol. The number of carbonyl (C=O) groups excluding carboxylic acids is 1. The van der Waals surface area contributed by atoms with Crippen LogP contribution in [0.15, 0.2) is 0 Å². The predicted octanol–water partition coefficient (Wildman–Crippen LogP) is 0.416. The highest BCUT2D eigenvalue weighted by Gasteiger charge is 2.45. The molecule has 0 atom stereocenters. The second-order valence-corrected chi connectivity index (χ2v) is 4.41. The molecule has 0 saturated carbocycles. The third-order valence-corrected chi connectivity index (χ3v) is 2.69. The Morgan fingerprint density at radius 3 is 2.43 bits per heavy atom. The molecule has 0 aromatic heterocycles. The van der Waals surface area contributed by atoms with E-state index in [2.05, 4.69) is 6.92 Å². The maximum absolute atomic E-state index is 12.4. The van der Waals surface area contributed by atoms with E-state index in [4.69, 9.17) is 0 Å². The van der Waals surface area contributed by atoms with Gasteiger partial charge in [-0.15, -0.1) is 0 Å². The molecule has 2 saturated heterocycles. The van der Waals surface area contributed by atoms with Gasteiger partial charge in [0, 0.05) is 13.1 Å². The summed E-state index contributed by atoms with van der Waals surface area (Å²) in [4.78, 5) is 14.6. The zero-order valence-electron chi connectivity index (χ0n) is 8.17. The fourth-order valence-corrected chi connectivity index (χ4v) is 1.91. The molecule has 2 aliphatic rings. The van der Waals surface area contributed by atoms with Crippen LogP contribution >= 0.6 is 0 Å². The lowest BCUT2D eigenvalue weighted by molar-refractivity contribution is -0.154. The van der Waals surface area contributed by atoms with Crippen molar-refractivity contribution in [2.75, 3.05) is 32.7 Å². The standard InChI is InChI=1S/C9H14F2N2O/c1-7-2-13(3-7)8(14)4-12-5-9(10,11)6-12/h7H,2-6H2,1H3. The molecule has 0 aromatic carbocycles. The second-order valence-electron chi connectivity index (χ2n) is 4.41. The number of carbonyl (C=O) groups is 1. The van der Waals surface area contributed by atoms with E-state index in [1.807, 2.05) is 0 Å². The molecule has 5 heteroatoms. The molecule has 0 aromatic rings. The number of hydrogen-bond acceptors (Lipinski definition) is 2. The van der Waals surface area contributed by atoms with Gasteiger partial charge in [-0.1, -0.05) is 6.92 Å². The third-order valence-electron chi connectivity index (χ3n) is 2.69. The lowest BCUT2D eigenvalue weighted by Gasteiger charge is -2.42. The van der Waals surface area contributed by atoms with Crippen LogP contribution in [-0.4, -0.2) is 54.4 Å². The number of rotatable bonds is 2. The van der Waals surface area contributed by atoms with Crippen LogP contribution < -0.4 is 0 Å². The first-order valence-electron chi connectivity index (χ1n) is 4.84. The molecule has 14 heavy (non-hydrogen) atoms. The van der Waals surface area contributed by atoms with Crippen LogP contribution in [0.4, 0.5) is 8.78 Å². The number of likely N-dealkylation sites (tertiary alicyclic amines) is 2. The van der Waals surface area contributed by atoms with E-state index in [0.29, 0.717) is 5.92 Å². The molecule has 1 amide bonds.